The van der Waals surface area contributed by atoms with Gasteiger partial charge in [0.1, 0.15) is 17.1 Å². The lowest BCUT2D eigenvalue weighted by atomic mass is 10.1. The van der Waals surface area contributed by atoms with Crippen molar-refractivity contribution in [3.63, 3.8) is 0 Å². The van der Waals surface area contributed by atoms with Gasteiger partial charge in [-0.2, -0.15) is 0 Å². The Hall–Kier alpha value is -3.42. The van der Waals surface area contributed by atoms with Crippen LogP contribution in [0.4, 0.5) is 5.69 Å². The molecule has 0 bridgehead atoms. The zero-order valence-electron chi connectivity index (χ0n) is 15.6. The molecule has 1 aromatic heterocycles. The molecule has 1 heterocycles. The predicted octanol–water partition coefficient (Wildman–Crippen LogP) is 3.99. The van der Waals surface area contributed by atoms with Crippen LogP contribution in [0.1, 0.15) is 0 Å². The number of nitrogens with zero attached hydrogens (tertiary/aromatic N) is 1. The summed E-state index contributed by atoms with van der Waals surface area (Å²) < 4.78 is 34.2. The van der Waals surface area contributed by atoms with Gasteiger partial charge in [-0.3, -0.25) is 0 Å². The molecule has 0 aliphatic heterocycles. The molecule has 0 unspecified atom stereocenters. The van der Waals surface area contributed by atoms with Gasteiger partial charge in [-0.15, -0.1) is 0 Å². The Morgan fingerprint density at radius 3 is 2.28 bits per heavy atom. The molecule has 0 atom stereocenters. The first-order chi connectivity index (χ1) is 13.9. The predicted molar refractivity (Wildman–Crippen MR) is 111 cm³/mol. The molecule has 0 spiro atoms. The summed E-state index contributed by atoms with van der Waals surface area (Å²) in [6.07, 6.45) is 0. The van der Waals surface area contributed by atoms with Gasteiger partial charge in [0.2, 0.25) is 10.0 Å². The minimum Gasteiger partial charge on any atom is -0.497 e. The number of sulfonamides is 1. The lowest BCUT2D eigenvalue weighted by Crippen LogP contribution is -2.11. The molecule has 0 saturated carbocycles. The van der Waals surface area contributed by atoms with Gasteiger partial charge < -0.3 is 9.15 Å². The molecule has 4 rings (SSSR count). The summed E-state index contributed by atoms with van der Waals surface area (Å²) in [6, 6.07) is 23.1. The van der Waals surface area contributed by atoms with Crippen LogP contribution in [0.2, 0.25) is 0 Å². The van der Waals surface area contributed by atoms with Crippen molar-refractivity contribution >= 4 is 26.7 Å². The van der Waals surface area contributed by atoms with Crippen molar-refractivity contribution in [2.45, 2.75) is 4.90 Å². The minimum atomic E-state index is -3.74. The van der Waals surface area contributed by atoms with E-state index in [0.717, 1.165) is 16.7 Å². The summed E-state index contributed by atoms with van der Waals surface area (Å²) in [7, 11) is -2.12. The van der Waals surface area contributed by atoms with Crippen LogP contribution in [0.15, 0.2) is 93.2 Å². The molecule has 29 heavy (non-hydrogen) atoms. The average molecular weight is 406 g/mol. The van der Waals surface area contributed by atoms with Crippen molar-refractivity contribution in [1.82, 2.24) is 0 Å². The van der Waals surface area contributed by atoms with Crippen LogP contribution in [0.25, 0.3) is 22.3 Å². The molecule has 0 aliphatic rings. The molecule has 6 nitrogen and oxygen atoms in total. The third kappa shape index (κ3) is 4.06. The van der Waals surface area contributed by atoms with Gasteiger partial charge in [-0.05, 0) is 60.7 Å². The Morgan fingerprint density at radius 1 is 0.931 bits per heavy atom. The SMILES string of the molecule is COc1ccc(-c2cc(=Nc3ccc(S(N)(=O)=O)cc3)c3ccccc3o2)cc1. The molecule has 7 heteroatoms. The quantitative estimate of drug-likeness (QED) is 0.554. The Balaban J connectivity index is 1.87. The first-order valence-corrected chi connectivity index (χ1v) is 10.3. The van der Waals surface area contributed by atoms with E-state index in [9.17, 15) is 8.42 Å². The van der Waals surface area contributed by atoms with Crippen LogP contribution in [-0.4, -0.2) is 15.5 Å². The normalized spacial score (nSPS) is 12.3. The van der Waals surface area contributed by atoms with Crippen molar-refractivity contribution in [3.8, 4) is 17.1 Å². The number of methoxy groups -OCH3 is 1. The van der Waals surface area contributed by atoms with Crippen LogP contribution < -0.4 is 15.2 Å². The van der Waals surface area contributed by atoms with Crippen molar-refractivity contribution in [3.05, 3.63) is 84.2 Å². The standard InChI is InChI=1S/C22H18N2O4S/c1-27-17-10-6-15(7-11-17)22-14-20(19-4-2-3-5-21(19)28-22)24-16-8-12-18(13-9-16)29(23,25)26/h2-14H,1H3,(H2,23,25,26). The maximum Gasteiger partial charge on any atom is 0.238 e. The largest absolute Gasteiger partial charge is 0.497 e. The number of hydrogen-bond acceptors (Lipinski definition) is 5. The van der Waals surface area contributed by atoms with Gasteiger partial charge in [0, 0.05) is 17.0 Å². The number of hydrogen-bond donors (Lipinski definition) is 1. The lowest BCUT2D eigenvalue weighted by Gasteiger charge is -2.06. The third-order valence-corrected chi connectivity index (χ3v) is 5.37. The first kappa shape index (κ1) is 18.9. The van der Waals surface area contributed by atoms with Crippen molar-refractivity contribution in [1.29, 1.82) is 0 Å². The van der Waals surface area contributed by atoms with Gasteiger partial charge in [-0.1, -0.05) is 12.1 Å². The maximum absolute atomic E-state index is 11.5. The Bertz CT molecular complexity index is 1340. The maximum atomic E-state index is 11.5. The second kappa shape index (κ2) is 7.54. The second-order valence-corrected chi connectivity index (χ2v) is 7.93. The Labute approximate surface area is 168 Å². The summed E-state index contributed by atoms with van der Waals surface area (Å²) >= 11 is 0. The number of benzene rings is 3. The highest BCUT2D eigenvalue weighted by molar-refractivity contribution is 7.89. The highest BCUT2D eigenvalue weighted by Gasteiger charge is 2.08. The number of ether oxygens (including phenoxy) is 1. The van der Waals surface area contributed by atoms with E-state index in [1.807, 2.05) is 54.6 Å². The molecule has 2 N–H and O–H groups in total. The van der Waals surface area contributed by atoms with Crippen molar-refractivity contribution in [2.24, 2.45) is 10.1 Å². The summed E-state index contributed by atoms with van der Waals surface area (Å²) in [6.45, 7) is 0. The highest BCUT2D eigenvalue weighted by atomic mass is 32.2. The third-order valence-electron chi connectivity index (χ3n) is 4.44. The van der Waals surface area contributed by atoms with Gasteiger partial charge in [0.15, 0.2) is 0 Å². The summed E-state index contributed by atoms with van der Waals surface area (Å²) in [5.41, 5.74) is 2.19. The van der Waals surface area contributed by atoms with Gasteiger partial charge in [-0.25, -0.2) is 18.5 Å². The fourth-order valence-electron chi connectivity index (χ4n) is 2.96. The Kier molecular flexibility index (Phi) is 4.92. The molecule has 4 aromatic rings. The zero-order valence-corrected chi connectivity index (χ0v) is 16.4. The molecule has 0 fully saturated rings. The molecule has 146 valence electrons. The van der Waals surface area contributed by atoms with Crippen LogP contribution >= 0.6 is 0 Å². The average Bonchev–Trinajstić information content (AvgIpc) is 2.73. The highest BCUT2D eigenvalue weighted by Crippen LogP contribution is 2.25. The minimum absolute atomic E-state index is 0.0447. The summed E-state index contributed by atoms with van der Waals surface area (Å²) in [5, 5.41) is 6.72. The molecule has 0 aliphatic carbocycles. The van der Waals surface area contributed by atoms with E-state index >= 15 is 0 Å². The fourth-order valence-corrected chi connectivity index (χ4v) is 3.47. The van der Waals surface area contributed by atoms with E-state index in [2.05, 4.69) is 0 Å². The van der Waals surface area contributed by atoms with E-state index < -0.39 is 10.0 Å². The number of fused-ring (bicyclic) bond motifs is 1. The van der Waals surface area contributed by atoms with Crippen LogP contribution in [0.3, 0.4) is 0 Å². The molecular formula is C22H18N2O4S. The van der Waals surface area contributed by atoms with Crippen molar-refractivity contribution < 1.29 is 17.6 Å². The topological polar surface area (TPSA) is 94.9 Å². The van der Waals surface area contributed by atoms with Gasteiger partial charge in [0.25, 0.3) is 0 Å². The molecule has 0 radical (unpaired) electrons. The van der Waals surface area contributed by atoms with Gasteiger partial charge >= 0.3 is 0 Å². The smallest absolute Gasteiger partial charge is 0.238 e. The monoisotopic (exact) mass is 406 g/mol. The molecule has 0 amide bonds. The van der Waals surface area contributed by atoms with Crippen LogP contribution in [-0.2, 0) is 10.0 Å². The molecule has 3 aromatic carbocycles. The van der Waals surface area contributed by atoms with Crippen molar-refractivity contribution in [2.75, 3.05) is 7.11 Å². The number of primary sulfonamides is 1. The Morgan fingerprint density at radius 2 is 1.62 bits per heavy atom. The van der Waals surface area contributed by atoms with Gasteiger partial charge in [0.05, 0.1) is 23.0 Å². The summed E-state index contributed by atoms with van der Waals surface area (Å²) in [5.74, 6) is 1.42. The first-order valence-electron chi connectivity index (χ1n) is 8.79. The molecule has 0 saturated heterocycles. The number of para-hydroxylation sites is 1. The van der Waals surface area contributed by atoms with E-state index in [0.29, 0.717) is 22.4 Å². The number of nitrogens with two attached hydrogens (primary N) is 1. The van der Waals surface area contributed by atoms with E-state index in [4.69, 9.17) is 19.3 Å². The van der Waals surface area contributed by atoms with E-state index in [-0.39, 0.29) is 4.90 Å². The lowest BCUT2D eigenvalue weighted by molar-refractivity contribution is 0.415. The fraction of sp³-hybridized carbons (Fsp3) is 0.0455. The van der Waals surface area contributed by atoms with Crippen LogP contribution in [0, 0.1) is 0 Å². The second-order valence-electron chi connectivity index (χ2n) is 6.37. The number of rotatable bonds is 4. The van der Waals surface area contributed by atoms with Crippen LogP contribution in [0.5, 0.6) is 5.75 Å². The van der Waals surface area contributed by atoms with E-state index in [1.54, 1.807) is 19.2 Å². The zero-order chi connectivity index (χ0) is 20.4. The van der Waals surface area contributed by atoms with E-state index in [1.165, 1.54) is 12.1 Å². The summed E-state index contributed by atoms with van der Waals surface area (Å²) in [4.78, 5) is 4.74. The molecular weight excluding hydrogens is 388 g/mol.